The third kappa shape index (κ3) is 9.59. The number of aromatic hydroxyl groups is 2. The van der Waals surface area contributed by atoms with Crippen LogP contribution in [0, 0.1) is 5.92 Å². The predicted octanol–water partition coefficient (Wildman–Crippen LogP) is 4.35. The number of allylic oxidation sites excluding steroid dienone is 2. The summed E-state index contributed by atoms with van der Waals surface area (Å²) in [4.78, 5) is 37.0. The van der Waals surface area contributed by atoms with Crippen LogP contribution in [0.25, 0.3) is 6.08 Å². The summed E-state index contributed by atoms with van der Waals surface area (Å²) in [6.07, 6.45) is 2.55. The standard InChI is InChI=1S/C31H43N3O10/c1-8-43-31(40)34-25-20-12-16(2)13-24(42-7)26(36)18(4)14-19(5)28(44-30(32)39)23(41-6)11-9-10-17(3)29(38)33-21(27(20)37)15-22(25)35/h9-12,14-15,18,23-24,26,28,35-37H,8,13H2,1-7H3,(H2,32,39)(H,33,38)(H,34,40)/b11-9?,16-12+,17-10+,19-14+/t18-,23-,24-,26+,28-/m0/s1. The molecule has 0 saturated heterocycles. The Labute approximate surface area is 257 Å². The van der Waals surface area contributed by atoms with Gasteiger partial charge in [-0.15, -0.1) is 0 Å². The number of nitrogens with two attached hydrogens (primary N) is 1. The molecule has 2 rings (SSSR count). The number of methoxy groups -OCH3 is 2. The van der Waals surface area contributed by atoms with Gasteiger partial charge in [-0.3, -0.25) is 10.1 Å². The number of hydrogen-bond acceptors (Lipinski definition) is 10. The van der Waals surface area contributed by atoms with Gasteiger partial charge >= 0.3 is 12.2 Å². The van der Waals surface area contributed by atoms with Crippen LogP contribution in [-0.2, 0) is 23.7 Å². The van der Waals surface area contributed by atoms with E-state index >= 15 is 0 Å². The van der Waals surface area contributed by atoms with Gasteiger partial charge in [0.05, 0.1) is 30.2 Å². The molecule has 5 atom stereocenters. The molecular weight excluding hydrogens is 574 g/mol. The van der Waals surface area contributed by atoms with Crippen LogP contribution in [0.5, 0.6) is 11.5 Å². The molecule has 2 bridgehead atoms. The molecule has 0 fully saturated rings. The number of carbonyl (C=O) groups excluding carboxylic acids is 3. The zero-order chi connectivity index (χ0) is 33.1. The van der Waals surface area contributed by atoms with E-state index in [0.717, 1.165) is 6.07 Å². The summed E-state index contributed by atoms with van der Waals surface area (Å²) in [6.45, 7) is 8.39. The van der Waals surface area contributed by atoms with Crippen molar-refractivity contribution in [1.29, 1.82) is 0 Å². The molecule has 0 spiro atoms. The minimum atomic E-state index is -1.04. The van der Waals surface area contributed by atoms with E-state index in [2.05, 4.69) is 10.6 Å². The smallest absolute Gasteiger partial charge is 0.411 e. The number of amides is 3. The summed E-state index contributed by atoms with van der Waals surface area (Å²) >= 11 is 0. The number of aliphatic hydroxyl groups is 1. The lowest BCUT2D eigenvalue weighted by molar-refractivity contribution is -0.112. The van der Waals surface area contributed by atoms with Crippen molar-refractivity contribution in [1.82, 2.24) is 0 Å². The first-order chi connectivity index (χ1) is 20.7. The second-order valence-corrected chi connectivity index (χ2v) is 10.4. The van der Waals surface area contributed by atoms with Crippen LogP contribution in [0.15, 0.2) is 47.1 Å². The predicted molar refractivity (Wildman–Crippen MR) is 165 cm³/mol. The van der Waals surface area contributed by atoms with E-state index in [-0.39, 0.29) is 35.5 Å². The minimum absolute atomic E-state index is 0.00666. The van der Waals surface area contributed by atoms with Crippen molar-refractivity contribution in [3.63, 3.8) is 0 Å². The third-order valence-electron chi connectivity index (χ3n) is 7.00. The van der Waals surface area contributed by atoms with Crippen LogP contribution in [-0.4, -0.2) is 78.7 Å². The monoisotopic (exact) mass is 617 g/mol. The molecule has 1 aliphatic rings. The Morgan fingerprint density at radius 2 is 1.84 bits per heavy atom. The molecule has 44 heavy (non-hydrogen) atoms. The topological polar surface area (TPSA) is 199 Å². The van der Waals surface area contributed by atoms with Crippen LogP contribution in [0.1, 0.15) is 46.6 Å². The third-order valence-corrected chi connectivity index (χ3v) is 7.00. The minimum Gasteiger partial charge on any atom is -0.506 e. The number of carbonyl (C=O) groups is 3. The van der Waals surface area contributed by atoms with Gasteiger partial charge in [0.25, 0.3) is 5.91 Å². The highest BCUT2D eigenvalue weighted by molar-refractivity contribution is 6.06. The summed E-state index contributed by atoms with van der Waals surface area (Å²) in [5.74, 6) is -1.98. The first-order valence-corrected chi connectivity index (χ1v) is 14.0. The fourth-order valence-corrected chi connectivity index (χ4v) is 4.68. The van der Waals surface area contributed by atoms with Crippen LogP contribution in [0.2, 0.25) is 0 Å². The van der Waals surface area contributed by atoms with Gasteiger partial charge in [0, 0.05) is 37.3 Å². The molecule has 13 heteroatoms. The number of aliphatic hydroxyl groups excluding tert-OH is 1. The SMILES string of the molecule is CCOC(=O)Nc1c(O)cc2c(O)c1/C=C(\C)C[C@H](OC)[C@H](O)[C@@H](C)/C=C(\C)[C@H](OC(N)=O)[C@@H](OC)C=C/C=C(\C)C(=O)N2. The second-order valence-electron chi connectivity index (χ2n) is 10.4. The van der Waals surface area contributed by atoms with Crippen molar-refractivity contribution >= 4 is 35.5 Å². The molecule has 1 aliphatic heterocycles. The van der Waals surface area contributed by atoms with Crippen LogP contribution < -0.4 is 16.4 Å². The lowest BCUT2D eigenvalue weighted by Crippen LogP contribution is -2.36. The van der Waals surface area contributed by atoms with Crippen LogP contribution in [0.3, 0.4) is 0 Å². The van der Waals surface area contributed by atoms with Gasteiger partial charge in [0.15, 0.2) is 6.10 Å². The second kappa shape index (κ2) is 16.5. The molecule has 1 heterocycles. The number of fused-ring (bicyclic) bond motifs is 2. The summed E-state index contributed by atoms with van der Waals surface area (Å²) in [7, 11) is 2.85. The largest absolute Gasteiger partial charge is 0.506 e. The van der Waals surface area contributed by atoms with E-state index in [0.29, 0.717) is 11.1 Å². The van der Waals surface area contributed by atoms with Gasteiger partial charge in [0.2, 0.25) is 0 Å². The van der Waals surface area contributed by atoms with Gasteiger partial charge in [0.1, 0.15) is 17.6 Å². The van der Waals surface area contributed by atoms with Crippen molar-refractivity contribution in [2.45, 2.75) is 65.5 Å². The van der Waals surface area contributed by atoms with Gasteiger partial charge in [-0.2, -0.15) is 0 Å². The van der Waals surface area contributed by atoms with E-state index < -0.39 is 59.9 Å². The summed E-state index contributed by atoms with van der Waals surface area (Å²) in [5.41, 5.74) is 6.41. The Bertz CT molecular complexity index is 1330. The molecule has 0 aromatic heterocycles. The van der Waals surface area contributed by atoms with Crippen LogP contribution in [0.4, 0.5) is 21.0 Å². The zero-order valence-corrected chi connectivity index (χ0v) is 26.0. The highest BCUT2D eigenvalue weighted by Crippen LogP contribution is 2.42. The Kier molecular flexibility index (Phi) is 13.4. The number of ether oxygens (including phenoxy) is 4. The maximum atomic E-state index is 13.0. The van der Waals surface area contributed by atoms with E-state index in [1.807, 2.05) is 0 Å². The maximum absolute atomic E-state index is 13.0. The molecule has 0 saturated carbocycles. The molecule has 7 N–H and O–H groups in total. The molecule has 1 aromatic rings. The highest BCUT2D eigenvalue weighted by atomic mass is 16.6. The number of benzene rings is 1. The van der Waals surface area contributed by atoms with Crippen molar-refractivity contribution < 1.29 is 48.7 Å². The Balaban J connectivity index is 2.76. The molecule has 13 nitrogen and oxygen atoms in total. The Morgan fingerprint density at radius 3 is 2.43 bits per heavy atom. The fourth-order valence-electron chi connectivity index (χ4n) is 4.68. The number of nitrogens with one attached hydrogen (secondary N) is 2. The molecular formula is C31H43N3O10. The summed E-state index contributed by atoms with van der Waals surface area (Å²) in [6, 6.07) is 1.09. The average Bonchev–Trinajstić information content (AvgIpc) is 2.96. The lowest BCUT2D eigenvalue weighted by atomic mass is 9.91. The van der Waals surface area contributed by atoms with E-state index in [1.165, 1.54) is 39.4 Å². The van der Waals surface area contributed by atoms with Gasteiger partial charge < -0.3 is 45.3 Å². The number of primary amides is 1. The van der Waals surface area contributed by atoms with E-state index in [4.69, 9.17) is 24.7 Å². The first kappa shape index (κ1) is 35.9. The lowest BCUT2D eigenvalue weighted by Gasteiger charge is -2.28. The fraction of sp³-hybridized carbons (Fsp3) is 0.452. The maximum Gasteiger partial charge on any atom is 0.411 e. The van der Waals surface area contributed by atoms with Crippen molar-refractivity contribution in [3.05, 3.63) is 52.7 Å². The number of phenols is 2. The molecule has 0 aliphatic carbocycles. The molecule has 3 amide bonds. The van der Waals surface area contributed by atoms with E-state index in [1.54, 1.807) is 39.8 Å². The van der Waals surface area contributed by atoms with Gasteiger partial charge in [-0.25, -0.2) is 9.59 Å². The molecule has 1 aromatic carbocycles. The molecule has 0 unspecified atom stereocenters. The number of phenolic OH excluding ortho intramolecular Hbond substituents is 2. The normalized spacial score (nSPS) is 27.0. The van der Waals surface area contributed by atoms with Gasteiger partial charge in [-0.05, 0) is 45.8 Å². The summed E-state index contributed by atoms with van der Waals surface area (Å²) in [5, 5.41) is 38.3. The average molecular weight is 618 g/mol. The number of rotatable bonds is 5. The number of anilines is 2. The van der Waals surface area contributed by atoms with Gasteiger partial charge in [-0.1, -0.05) is 36.8 Å². The van der Waals surface area contributed by atoms with E-state index in [9.17, 15) is 29.7 Å². The highest BCUT2D eigenvalue weighted by Gasteiger charge is 2.29. The summed E-state index contributed by atoms with van der Waals surface area (Å²) < 4.78 is 21.4. The quantitative estimate of drug-likeness (QED) is 0.157. The number of hydrogen-bond donors (Lipinski definition) is 6. The molecule has 0 radical (unpaired) electrons. The molecule has 242 valence electrons. The first-order valence-electron chi connectivity index (χ1n) is 14.0. The Morgan fingerprint density at radius 1 is 1.16 bits per heavy atom. The van der Waals surface area contributed by atoms with Crippen molar-refractivity contribution in [3.8, 4) is 11.5 Å². The van der Waals surface area contributed by atoms with Crippen molar-refractivity contribution in [2.24, 2.45) is 11.7 Å². The Hall–Kier alpha value is -4.33. The zero-order valence-electron chi connectivity index (χ0n) is 26.0. The van der Waals surface area contributed by atoms with Crippen LogP contribution >= 0.6 is 0 Å². The van der Waals surface area contributed by atoms with Crippen molar-refractivity contribution in [2.75, 3.05) is 31.5 Å².